The number of hydrogen-bond donors (Lipinski definition) is 5. The summed E-state index contributed by atoms with van der Waals surface area (Å²) in [4.78, 5) is 58.0. The van der Waals surface area contributed by atoms with Gasteiger partial charge in [0, 0.05) is 31.5 Å². The fraction of sp³-hybridized carbons (Fsp3) is 0.682. The molecule has 0 spiro atoms. The number of Topliss-reactive ketones (excluding diaryl/α,β-unsaturated/α-hetero) is 2. The van der Waals surface area contributed by atoms with Crippen molar-refractivity contribution in [3.63, 3.8) is 0 Å². The van der Waals surface area contributed by atoms with E-state index in [0.717, 1.165) is 0 Å². The lowest BCUT2D eigenvalue weighted by Crippen LogP contribution is -2.40. The average molecular weight is 457 g/mol. The van der Waals surface area contributed by atoms with Crippen molar-refractivity contribution in [1.82, 2.24) is 10.6 Å². The van der Waals surface area contributed by atoms with Crippen molar-refractivity contribution >= 4 is 29.4 Å². The Balaban J connectivity index is 4.51. The molecule has 0 aromatic carbocycles. The maximum atomic E-state index is 12.1. The van der Waals surface area contributed by atoms with E-state index < -0.39 is 41.9 Å². The Labute approximate surface area is 188 Å². The number of carboxylic acids is 1. The van der Waals surface area contributed by atoms with E-state index in [0.29, 0.717) is 19.4 Å². The SMILES string of the molecule is CC(C(=O)O)=C(C)C(O)CC(=O)C(=O)NCC(C)(C)CC(C)CCNC(=O)C(=O)CCO. The van der Waals surface area contributed by atoms with Crippen LogP contribution in [0.1, 0.15) is 60.3 Å². The minimum absolute atomic E-state index is 0.0743. The number of nitrogens with one attached hydrogen (secondary N) is 2. The molecule has 0 saturated carbocycles. The van der Waals surface area contributed by atoms with Crippen LogP contribution in [0.25, 0.3) is 0 Å². The predicted molar refractivity (Wildman–Crippen MR) is 117 cm³/mol. The average Bonchev–Trinajstić information content (AvgIpc) is 2.70. The van der Waals surface area contributed by atoms with Crippen LogP contribution >= 0.6 is 0 Å². The van der Waals surface area contributed by atoms with E-state index in [4.69, 9.17) is 10.2 Å². The van der Waals surface area contributed by atoms with E-state index in [1.54, 1.807) is 0 Å². The highest BCUT2D eigenvalue weighted by Crippen LogP contribution is 2.26. The molecule has 0 saturated heterocycles. The zero-order valence-corrected chi connectivity index (χ0v) is 19.5. The lowest BCUT2D eigenvalue weighted by Gasteiger charge is -2.28. The molecule has 32 heavy (non-hydrogen) atoms. The Morgan fingerprint density at radius 2 is 1.53 bits per heavy atom. The molecule has 0 fully saturated rings. The van der Waals surface area contributed by atoms with Gasteiger partial charge in [-0.1, -0.05) is 20.8 Å². The first kappa shape index (κ1) is 29.4. The molecule has 5 N–H and O–H groups in total. The third-order valence-electron chi connectivity index (χ3n) is 5.19. The second-order valence-corrected chi connectivity index (χ2v) is 8.85. The number of aliphatic hydroxyl groups excluding tert-OH is 2. The topological polar surface area (TPSA) is 170 Å². The summed E-state index contributed by atoms with van der Waals surface area (Å²) in [5.74, 6) is -4.12. The molecule has 10 heteroatoms. The molecule has 0 rings (SSSR count). The largest absolute Gasteiger partial charge is 0.478 e. The van der Waals surface area contributed by atoms with Crippen molar-refractivity contribution in [2.45, 2.75) is 66.4 Å². The summed E-state index contributed by atoms with van der Waals surface area (Å²) in [7, 11) is 0. The van der Waals surface area contributed by atoms with Crippen LogP contribution in [0.15, 0.2) is 11.1 Å². The molecule has 0 heterocycles. The zero-order chi connectivity index (χ0) is 25.1. The van der Waals surface area contributed by atoms with Gasteiger partial charge in [-0.25, -0.2) is 4.79 Å². The number of rotatable bonds is 15. The van der Waals surface area contributed by atoms with Gasteiger partial charge in [0.1, 0.15) is 0 Å². The van der Waals surface area contributed by atoms with Crippen LogP contribution in [-0.4, -0.2) is 70.5 Å². The monoisotopic (exact) mass is 456 g/mol. The minimum atomic E-state index is -1.35. The molecule has 0 aromatic heterocycles. The molecule has 2 unspecified atom stereocenters. The van der Waals surface area contributed by atoms with E-state index in [2.05, 4.69) is 10.6 Å². The van der Waals surface area contributed by atoms with Gasteiger partial charge < -0.3 is 26.0 Å². The number of carbonyl (C=O) groups excluding carboxylic acids is 4. The molecule has 0 aliphatic carbocycles. The van der Waals surface area contributed by atoms with Crippen LogP contribution in [0.4, 0.5) is 0 Å². The molecular weight excluding hydrogens is 420 g/mol. The van der Waals surface area contributed by atoms with E-state index in [-0.39, 0.29) is 42.1 Å². The fourth-order valence-corrected chi connectivity index (χ4v) is 3.12. The Kier molecular flexibility index (Phi) is 12.6. The van der Waals surface area contributed by atoms with Crippen LogP contribution in [0, 0.1) is 11.3 Å². The van der Waals surface area contributed by atoms with E-state index in [9.17, 15) is 29.1 Å². The first-order valence-electron chi connectivity index (χ1n) is 10.5. The van der Waals surface area contributed by atoms with Gasteiger partial charge in [-0.3, -0.25) is 19.2 Å². The van der Waals surface area contributed by atoms with Crippen LogP contribution in [-0.2, 0) is 24.0 Å². The number of aliphatic hydroxyl groups is 2. The number of ketones is 2. The molecule has 2 atom stereocenters. The molecule has 0 aliphatic rings. The molecule has 0 aromatic rings. The third kappa shape index (κ3) is 11.1. The summed E-state index contributed by atoms with van der Waals surface area (Å²) in [5.41, 5.74) is -0.312. The zero-order valence-electron chi connectivity index (χ0n) is 19.5. The van der Waals surface area contributed by atoms with Crippen molar-refractivity contribution in [3.05, 3.63) is 11.1 Å². The van der Waals surface area contributed by atoms with E-state index in [1.807, 2.05) is 20.8 Å². The first-order valence-corrected chi connectivity index (χ1v) is 10.5. The molecule has 0 aliphatic heterocycles. The van der Waals surface area contributed by atoms with Gasteiger partial charge in [-0.05, 0) is 43.6 Å². The Morgan fingerprint density at radius 3 is 2.06 bits per heavy atom. The van der Waals surface area contributed by atoms with E-state index >= 15 is 0 Å². The predicted octanol–water partition coefficient (Wildman–Crippen LogP) is 0.354. The second-order valence-electron chi connectivity index (χ2n) is 8.85. The normalized spacial score (nSPS) is 14.1. The van der Waals surface area contributed by atoms with Crippen LogP contribution in [0.2, 0.25) is 0 Å². The standard InChI is InChI=1S/C22H36N2O8/c1-13(6-8-23-19(29)16(26)7-9-25)11-22(4,5)12-24-20(30)18(28)10-17(27)14(2)15(3)21(31)32/h13,17,25,27H,6-12H2,1-5H3,(H,23,29)(H,24,30)(H,31,32). The van der Waals surface area contributed by atoms with Gasteiger partial charge in [-0.2, -0.15) is 0 Å². The van der Waals surface area contributed by atoms with E-state index in [1.165, 1.54) is 13.8 Å². The number of amides is 2. The fourth-order valence-electron chi connectivity index (χ4n) is 3.12. The highest BCUT2D eigenvalue weighted by atomic mass is 16.4. The quantitative estimate of drug-likeness (QED) is 0.174. The van der Waals surface area contributed by atoms with Gasteiger partial charge in [0.15, 0.2) is 0 Å². The summed E-state index contributed by atoms with van der Waals surface area (Å²) in [5, 5.41) is 32.7. The minimum Gasteiger partial charge on any atom is -0.478 e. The van der Waals surface area contributed by atoms with Gasteiger partial charge >= 0.3 is 5.97 Å². The molecule has 10 nitrogen and oxygen atoms in total. The van der Waals surface area contributed by atoms with Crippen LogP contribution in [0.3, 0.4) is 0 Å². The summed E-state index contributed by atoms with van der Waals surface area (Å²) in [6.45, 7) is 8.64. The Morgan fingerprint density at radius 1 is 0.969 bits per heavy atom. The summed E-state index contributed by atoms with van der Waals surface area (Å²) in [6, 6.07) is 0. The summed E-state index contributed by atoms with van der Waals surface area (Å²) in [6.07, 6.45) is -0.789. The molecule has 0 bridgehead atoms. The van der Waals surface area contributed by atoms with Crippen molar-refractivity contribution < 1.29 is 39.3 Å². The lowest BCUT2D eigenvalue weighted by molar-refractivity contribution is -0.139. The van der Waals surface area contributed by atoms with Gasteiger partial charge in [-0.15, -0.1) is 0 Å². The van der Waals surface area contributed by atoms with Crippen LogP contribution < -0.4 is 10.6 Å². The molecule has 182 valence electrons. The highest BCUT2D eigenvalue weighted by molar-refractivity contribution is 6.36. The molecular formula is C22H36N2O8. The molecule has 0 radical (unpaired) electrons. The number of carboxylic acid groups (broad SMARTS) is 1. The maximum Gasteiger partial charge on any atom is 0.331 e. The number of hydrogen-bond acceptors (Lipinski definition) is 7. The third-order valence-corrected chi connectivity index (χ3v) is 5.19. The van der Waals surface area contributed by atoms with Gasteiger partial charge in [0.2, 0.25) is 11.6 Å². The second kappa shape index (κ2) is 13.7. The first-order chi connectivity index (χ1) is 14.7. The smallest absolute Gasteiger partial charge is 0.331 e. The van der Waals surface area contributed by atoms with Crippen molar-refractivity contribution in [2.75, 3.05) is 19.7 Å². The Hall–Kier alpha value is -2.59. The number of carbonyl (C=O) groups is 5. The highest BCUT2D eigenvalue weighted by Gasteiger charge is 2.26. The van der Waals surface area contributed by atoms with Crippen molar-refractivity contribution in [3.8, 4) is 0 Å². The van der Waals surface area contributed by atoms with Crippen molar-refractivity contribution in [1.29, 1.82) is 0 Å². The Bertz CT molecular complexity index is 742. The lowest BCUT2D eigenvalue weighted by atomic mass is 9.82. The van der Waals surface area contributed by atoms with Crippen LogP contribution in [0.5, 0.6) is 0 Å². The van der Waals surface area contributed by atoms with Gasteiger partial charge in [0.25, 0.3) is 11.8 Å². The van der Waals surface area contributed by atoms with Crippen molar-refractivity contribution in [2.24, 2.45) is 11.3 Å². The maximum absolute atomic E-state index is 12.1. The molecule has 2 amide bonds. The number of aliphatic carboxylic acids is 1. The summed E-state index contributed by atoms with van der Waals surface area (Å²) >= 11 is 0. The van der Waals surface area contributed by atoms with Gasteiger partial charge in [0.05, 0.1) is 12.7 Å². The summed E-state index contributed by atoms with van der Waals surface area (Å²) < 4.78 is 0.